The minimum Gasteiger partial charge on any atom is -0.423 e. The summed E-state index contributed by atoms with van der Waals surface area (Å²) in [5.41, 5.74) is 0.317. The highest BCUT2D eigenvalue weighted by atomic mass is 19.1. The summed E-state index contributed by atoms with van der Waals surface area (Å²) in [6, 6.07) is 6.34. The molecule has 1 aliphatic heterocycles. The third-order valence-corrected chi connectivity index (χ3v) is 4.09. The second-order valence-electron chi connectivity index (χ2n) is 6.28. The SMILES string of the molecule is Cc1nnc([C@H]2CN(Cc3nc(-c4ccccc4F)no3)C[C@@H](C)O2)o1. The number of aromatic nitrogens is 4. The maximum absolute atomic E-state index is 13.9. The van der Waals surface area contributed by atoms with Gasteiger partial charge in [-0.3, -0.25) is 4.90 Å². The van der Waals surface area contributed by atoms with E-state index in [4.69, 9.17) is 13.7 Å². The fourth-order valence-electron chi connectivity index (χ4n) is 3.01. The van der Waals surface area contributed by atoms with E-state index in [2.05, 4.69) is 25.2 Å². The van der Waals surface area contributed by atoms with Crippen molar-refractivity contribution in [1.82, 2.24) is 25.2 Å². The molecule has 0 saturated carbocycles. The second kappa shape index (κ2) is 6.93. The van der Waals surface area contributed by atoms with Crippen LogP contribution in [0.25, 0.3) is 11.4 Å². The van der Waals surface area contributed by atoms with Gasteiger partial charge in [0.1, 0.15) is 11.9 Å². The van der Waals surface area contributed by atoms with E-state index in [0.29, 0.717) is 42.9 Å². The van der Waals surface area contributed by atoms with Gasteiger partial charge in [-0.25, -0.2) is 4.39 Å². The van der Waals surface area contributed by atoms with Gasteiger partial charge in [0.05, 0.1) is 18.2 Å². The molecule has 1 aromatic carbocycles. The number of nitrogens with zero attached hydrogens (tertiary/aromatic N) is 5. The molecule has 0 radical (unpaired) electrons. The van der Waals surface area contributed by atoms with Gasteiger partial charge in [0.15, 0.2) is 0 Å². The zero-order chi connectivity index (χ0) is 18.1. The van der Waals surface area contributed by atoms with Crippen LogP contribution in [-0.4, -0.2) is 44.4 Å². The van der Waals surface area contributed by atoms with Crippen LogP contribution in [0.15, 0.2) is 33.2 Å². The Balaban J connectivity index is 1.48. The van der Waals surface area contributed by atoms with E-state index in [1.807, 2.05) is 6.92 Å². The van der Waals surface area contributed by atoms with Crippen LogP contribution in [0.1, 0.15) is 30.7 Å². The van der Waals surface area contributed by atoms with Crippen LogP contribution in [0.5, 0.6) is 0 Å². The van der Waals surface area contributed by atoms with Crippen molar-refractivity contribution in [3.8, 4) is 11.4 Å². The van der Waals surface area contributed by atoms with Gasteiger partial charge in [0.25, 0.3) is 0 Å². The molecule has 2 atom stereocenters. The largest absolute Gasteiger partial charge is 0.423 e. The number of hydrogen-bond donors (Lipinski definition) is 0. The van der Waals surface area contributed by atoms with Gasteiger partial charge >= 0.3 is 0 Å². The summed E-state index contributed by atoms with van der Waals surface area (Å²) in [7, 11) is 0. The number of rotatable bonds is 4. The van der Waals surface area contributed by atoms with Gasteiger partial charge in [-0.1, -0.05) is 17.3 Å². The quantitative estimate of drug-likeness (QED) is 0.702. The van der Waals surface area contributed by atoms with Gasteiger partial charge in [0.2, 0.25) is 23.5 Å². The molecule has 3 aromatic rings. The van der Waals surface area contributed by atoms with Crippen LogP contribution in [0.3, 0.4) is 0 Å². The van der Waals surface area contributed by atoms with E-state index >= 15 is 0 Å². The molecule has 8 nitrogen and oxygen atoms in total. The van der Waals surface area contributed by atoms with Crippen molar-refractivity contribution in [2.45, 2.75) is 32.6 Å². The number of halogens is 1. The lowest BCUT2D eigenvalue weighted by molar-refractivity contribution is -0.0935. The standard InChI is InChI=1S/C17H18FN5O3/c1-10-7-23(8-14(24-10)17-21-20-11(2)25-17)9-15-19-16(22-26-15)12-5-3-4-6-13(12)18/h3-6,10,14H,7-9H2,1-2H3/t10-,14-/m1/s1. The van der Waals surface area contributed by atoms with Gasteiger partial charge < -0.3 is 13.7 Å². The highest BCUT2D eigenvalue weighted by Gasteiger charge is 2.31. The van der Waals surface area contributed by atoms with E-state index in [0.717, 1.165) is 0 Å². The van der Waals surface area contributed by atoms with Crippen LogP contribution in [0, 0.1) is 12.7 Å². The molecule has 0 amide bonds. The Bertz CT molecular complexity index is 896. The van der Waals surface area contributed by atoms with Gasteiger partial charge in [0, 0.05) is 20.0 Å². The number of ether oxygens (including phenoxy) is 1. The lowest BCUT2D eigenvalue weighted by atomic mass is 10.2. The van der Waals surface area contributed by atoms with Crippen LogP contribution in [0.2, 0.25) is 0 Å². The van der Waals surface area contributed by atoms with Crippen molar-refractivity contribution in [2.24, 2.45) is 0 Å². The summed E-state index contributed by atoms with van der Waals surface area (Å²) in [6.07, 6.45) is -0.330. The molecule has 26 heavy (non-hydrogen) atoms. The first kappa shape index (κ1) is 16.8. The first-order valence-electron chi connectivity index (χ1n) is 8.34. The third kappa shape index (κ3) is 3.49. The van der Waals surface area contributed by atoms with Crippen LogP contribution < -0.4 is 0 Å². The van der Waals surface area contributed by atoms with Crippen molar-refractivity contribution in [1.29, 1.82) is 0 Å². The van der Waals surface area contributed by atoms with E-state index in [-0.39, 0.29) is 23.8 Å². The molecular weight excluding hydrogens is 341 g/mol. The maximum atomic E-state index is 13.9. The van der Waals surface area contributed by atoms with Crippen molar-refractivity contribution in [3.05, 3.63) is 47.8 Å². The van der Waals surface area contributed by atoms with E-state index in [9.17, 15) is 4.39 Å². The van der Waals surface area contributed by atoms with Crippen LogP contribution in [0.4, 0.5) is 4.39 Å². The molecule has 0 spiro atoms. The van der Waals surface area contributed by atoms with Gasteiger partial charge in [-0.05, 0) is 19.1 Å². The molecule has 0 unspecified atom stereocenters. The first-order chi connectivity index (χ1) is 12.6. The van der Waals surface area contributed by atoms with Crippen molar-refractivity contribution in [2.75, 3.05) is 13.1 Å². The smallest absolute Gasteiger partial charge is 0.246 e. The van der Waals surface area contributed by atoms with Crippen LogP contribution in [-0.2, 0) is 11.3 Å². The highest BCUT2D eigenvalue weighted by Crippen LogP contribution is 2.26. The normalized spacial score (nSPS) is 21.2. The topological polar surface area (TPSA) is 90.3 Å². The molecule has 0 N–H and O–H groups in total. The zero-order valence-electron chi connectivity index (χ0n) is 14.4. The highest BCUT2D eigenvalue weighted by molar-refractivity contribution is 5.54. The molecule has 3 heterocycles. The Morgan fingerprint density at radius 3 is 2.85 bits per heavy atom. The summed E-state index contributed by atoms with van der Waals surface area (Å²) in [5.74, 6) is 1.23. The Labute approximate surface area is 149 Å². The molecule has 136 valence electrons. The summed E-state index contributed by atoms with van der Waals surface area (Å²) < 4.78 is 30.5. The summed E-state index contributed by atoms with van der Waals surface area (Å²) >= 11 is 0. The summed E-state index contributed by atoms with van der Waals surface area (Å²) in [5, 5.41) is 11.8. The summed E-state index contributed by atoms with van der Waals surface area (Å²) in [4.78, 5) is 6.42. The van der Waals surface area contributed by atoms with Gasteiger partial charge in [-0.2, -0.15) is 4.98 Å². The maximum Gasteiger partial charge on any atom is 0.246 e. The molecule has 1 fully saturated rings. The zero-order valence-corrected chi connectivity index (χ0v) is 14.4. The predicted molar refractivity (Wildman–Crippen MR) is 87.3 cm³/mol. The van der Waals surface area contributed by atoms with Crippen LogP contribution >= 0.6 is 0 Å². The fraction of sp³-hybridized carbons (Fsp3) is 0.412. The minimum absolute atomic E-state index is 0.0186. The lowest BCUT2D eigenvalue weighted by Gasteiger charge is -2.34. The Morgan fingerprint density at radius 2 is 2.08 bits per heavy atom. The molecule has 1 aliphatic rings. The molecular formula is C17H18FN5O3. The average molecular weight is 359 g/mol. The number of hydrogen-bond acceptors (Lipinski definition) is 8. The van der Waals surface area contributed by atoms with Gasteiger partial charge in [-0.15, -0.1) is 10.2 Å². The molecule has 2 aromatic heterocycles. The third-order valence-electron chi connectivity index (χ3n) is 4.09. The molecule has 0 bridgehead atoms. The molecule has 0 aliphatic carbocycles. The summed E-state index contributed by atoms with van der Waals surface area (Å²) in [6.45, 7) is 5.40. The number of aryl methyl sites for hydroxylation is 1. The van der Waals surface area contributed by atoms with E-state index < -0.39 is 0 Å². The Kier molecular flexibility index (Phi) is 4.48. The number of morpholine rings is 1. The predicted octanol–water partition coefficient (Wildman–Crippen LogP) is 2.53. The average Bonchev–Trinajstić information content (AvgIpc) is 3.24. The minimum atomic E-state index is -0.383. The van der Waals surface area contributed by atoms with E-state index in [1.165, 1.54) is 6.07 Å². The number of benzene rings is 1. The lowest BCUT2D eigenvalue weighted by Crippen LogP contribution is -2.42. The Morgan fingerprint density at radius 1 is 1.23 bits per heavy atom. The van der Waals surface area contributed by atoms with Crippen molar-refractivity contribution >= 4 is 0 Å². The van der Waals surface area contributed by atoms with Crippen molar-refractivity contribution in [3.63, 3.8) is 0 Å². The van der Waals surface area contributed by atoms with E-state index in [1.54, 1.807) is 25.1 Å². The molecule has 4 rings (SSSR count). The molecule has 9 heteroatoms. The monoisotopic (exact) mass is 359 g/mol. The first-order valence-corrected chi connectivity index (χ1v) is 8.34. The fourth-order valence-corrected chi connectivity index (χ4v) is 3.01. The second-order valence-corrected chi connectivity index (χ2v) is 6.28. The van der Waals surface area contributed by atoms with Crippen molar-refractivity contribution < 1.29 is 18.1 Å². The molecule has 1 saturated heterocycles. The Hall–Kier alpha value is -2.65.